The van der Waals surface area contributed by atoms with Gasteiger partial charge in [-0.25, -0.2) is 13.4 Å². The van der Waals surface area contributed by atoms with E-state index in [2.05, 4.69) is 20.8 Å². The van der Waals surface area contributed by atoms with Crippen LogP contribution in [0.1, 0.15) is 25.8 Å². The number of carbonyl (C=O) groups is 1. The molecule has 2 aromatic carbocycles. The Morgan fingerprint density at radius 3 is 2.36 bits per heavy atom. The average Bonchev–Trinajstić information content (AvgIpc) is 3.13. The standard InChI is InChI=1S/C23H28BrN3O3S2.ClH/c1-16(2)32(29,30)19-9-6-17(7-10-19)14-22(28)27(13-5-12-26(3)4)23-25-20-11-8-18(24)15-21(20)31-23;/h6-11,15-16H,5,12-14H2,1-4H3;1H. The van der Waals surface area contributed by atoms with Crippen LogP contribution in [-0.2, 0) is 21.1 Å². The molecular formula is C23H29BrClN3O3S2. The Balaban J connectivity index is 0.00000385. The molecule has 3 rings (SSSR count). The zero-order valence-corrected chi connectivity index (χ0v) is 23.2. The number of benzene rings is 2. The van der Waals surface area contributed by atoms with Gasteiger partial charge in [-0.05, 0) is 76.8 Å². The summed E-state index contributed by atoms with van der Waals surface area (Å²) >= 11 is 4.99. The minimum Gasteiger partial charge on any atom is -0.309 e. The number of aromatic nitrogens is 1. The van der Waals surface area contributed by atoms with Gasteiger partial charge in [-0.1, -0.05) is 39.4 Å². The summed E-state index contributed by atoms with van der Waals surface area (Å²) in [6, 6.07) is 12.5. The molecule has 6 nitrogen and oxygen atoms in total. The minimum atomic E-state index is -3.33. The zero-order valence-electron chi connectivity index (χ0n) is 19.1. The number of hydrogen-bond donors (Lipinski definition) is 0. The highest BCUT2D eigenvalue weighted by Crippen LogP contribution is 2.31. The van der Waals surface area contributed by atoms with E-state index in [1.165, 1.54) is 11.3 Å². The number of fused-ring (bicyclic) bond motifs is 1. The molecule has 0 bridgehead atoms. The van der Waals surface area contributed by atoms with Crippen LogP contribution in [0.25, 0.3) is 10.2 Å². The molecule has 33 heavy (non-hydrogen) atoms. The van der Waals surface area contributed by atoms with Crippen LogP contribution in [0.15, 0.2) is 51.8 Å². The summed E-state index contributed by atoms with van der Waals surface area (Å²) in [4.78, 5) is 22.1. The van der Waals surface area contributed by atoms with Crippen molar-refractivity contribution >= 4 is 70.8 Å². The number of thiazole rings is 1. The molecule has 0 saturated heterocycles. The molecule has 1 amide bonds. The van der Waals surface area contributed by atoms with Gasteiger partial charge < -0.3 is 4.90 Å². The van der Waals surface area contributed by atoms with E-state index in [0.29, 0.717) is 11.7 Å². The highest BCUT2D eigenvalue weighted by Gasteiger charge is 2.22. The number of carbonyl (C=O) groups excluding carboxylic acids is 1. The van der Waals surface area contributed by atoms with Crippen LogP contribution in [-0.4, -0.2) is 56.6 Å². The summed E-state index contributed by atoms with van der Waals surface area (Å²) in [6.45, 7) is 4.75. The smallest absolute Gasteiger partial charge is 0.233 e. The predicted octanol–water partition coefficient (Wildman–Crippen LogP) is 5.19. The number of amides is 1. The van der Waals surface area contributed by atoms with E-state index in [4.69, 9.17) is 4.98 Å². The van der Waals surface area contributed by atoms with Gasteiger partial charge in [0.25, 0.3) is 0 Å². The molecule has 0 radical (unpaired) electrons. The van der Waals surface area contributed by atoms with E-state index in [1.54, 1.807) is 43.0 Å². The SMILES string of the molecule is CC(C)S(=O)(=O)c1ccc(CC(=O)N(CCCN(C)C)c2nc3ccc(Br)cc3s2)cc1.Cl. The van der Waals surface area contributed by atoms with Crippen LogP contribution in [0.2, 0.25) is 0 Å². The van der Waals surface area contributed by atoms with Crippen LogP contribution in [0.3, 0.4) is 0 Å². The molecule has 1 aromatic heterocycles. The van der Waals surface area contributed by atoms with E-state index in [0.717, 1.165) is 33.2 Å². The fraction of sp³-hybridized carbons (Fsp3) is 0.391. The summed E-state index contributed by atoms with van der Waals surface area (Å²) < 4.78 is 26.7. The summed E-state index contributed by atoms with van der Waals surface area (Å²) in [5.74, 6) is -0.0543. The quantitative estimate of drug-likeness (QED) is 0.352. The van der Waals surface area contributed by atoms with E-state index >= 15 is 0 Å². The van der Waals surface area contributed by atoms with Crippen LogP contribution >= 0.6 is 39.7 Å². The second-order valence-corrected chi connectivity index (χ2v) is 12.7. The normalized spacial score (nSPS) is 11.7. The van der Waals surface area contributed by atoms with E-state index in [-0.39, 0.29) is 29.6 Å². The molecule has 0 atom stereocenters. The first-order valence-electron chi connectivity index (χ1n) is 10.4. The third-order valence-corrected chi connectivity index (χ3v) is 8.79. The first kappa shape index (κ1) is 27.7. The van der Waals surface area contributed by atoms with Crippen molar-refractivity contribution in [3.8, 4) is 0 Å². The lowest BCUT2D eigenvalue weighted by Crippen LogP contribution is -2.34. The van der Waals surface area contributed by atoms with Crippen molar-refractivity contribution in [1.29, 1.82) is 0 Å². The highest BCUT2D eigenvalue weighted by atomic mass is 79.9. The zero-order chi connectivity index (χ0) is 23.5. The molecule has 0 aliphatic carbocycles. The summed E-state index contributed by atoms with van der Waals surface area (Å²) in [6.07, 6.45) is 1.01. The largest absolute Gasteiger partial charge is 0.309 e. The number of halogens is 2. The summed E-state index contributed by atoms with van der Waals surface area (Å²) in [5.41, 5.74) is 1.64. The van der Waals surface area contributed by atoms with Crippen molar-refractivity contribution in [2.45, 2.75) is 36.8 Å². The fourth-order valence-electron chi connectivity index (χ4n) is 3.21. The monoisotopic (exact) mass is 573 g/mol. The average molecular weight is 575 g/mol. The lowest BCUT2D eigenvalue weighted by molar-refractivity contribution is -0.118. The fourth-order valence-corrected chi connectivity index (χ4v) is 5.83. The maximum atomic E-state index is 13.3. The molecule has 0 saturated carbocycles. The molecule has 0 fully saturated rings. The number of sulfone groups is 1. The van der Waals surface area contributed by atoms with Gasteiger partial charge in [-0.2, -0.15) is 0 Å². The molecule has 10 heteroatoms. The number of nitrogens with zero attached hydrogens (tertiary/aromatic N) is 3. The first-order chi connectivity index (χ1) is 15.1. The molecule has 0 N–H and O–H groups in total. The van der Waals surface area contributed by atoms with E-state index in [1.807, 2.05) is 32.3 Å². The molecule has 180 valence electrons. The second-order valence-electron chi connectivity index (χ2n) is 8.23. The molecule has 0 unspecified atom stereocenters. The maximum Gasteiger partial charge on any atom is 0.233 e. The predicted molar refractivity (Wildman–Crippen MR) is 143 cm³/mol. The lowest BCUT2D eigenvalue weighted by Gasteiger charge is -2.21. The molecule has 3 aromatic rings. The Morgan fingerprint density at radius 2 is 1.76 bits per heavy atom. The Morgan fingerprint density at radius 1 is 1.09 bits per heavy atom. The molecule has 0 spiro atoms. The Kier molecular flexibility index (Phi) is 9.87. The topological polar surface area (TPSA) is 70.6 Å². The third-order valence-electron chi connectivity index (χ3n) is 5.09. The van der Waals surface area contributed by atoms with E-state index in [9.17, 15) is 13.2 Å². The minimum absolute atomic E-state index is 0. The Labute approximate surface area is 214 Å². The van der Waals surface area contributed by atoms with Crippen molar-refractivity contribution in [2.24, 2.45) is 0 Å². The van der Waals surface area contributed by atoms with Gasteiger partial charge in [0.1, 0.15) is 0 Å². The van der Waals surface area contributed by atoms with Gasteiger partial charge >= 0.3 is 0 Å². The molecule has 0 aliphatic rings. The van der Waals surface area contributed by atoms with Gasteiger partial charge in [-0.3, -0.25) is 9.69 Å². The number of hydrogen-bond acceptors (Lipinski definition) is 6. The van der Waals surface area contributed by atoms with Crippen molar-refractivity contribution in [3.05, 3.63) is 52.5 Å². The Hall–Kier alpha value is -1.52. The summed E-state index contributed by atoms with van der Waals surface area (Å²) in [5, 5.41) is 0.196. The van der Waals surface area contributed by atoms with Gasteiger partial charge in [0.2, 0.25) is 5.91 Å². The van der Waals surface area contributed by atoms with Gasteiger partial charge in [0, 0.05) is 11.0 Å². The van der Waals surface area contributed by atoms with Crippen molar-refractivity contribution in [2.75, 3.05) is 32.1 Å². The second kappa shape index (κ2) is 11.8. The first-order valence-corrected chi connectivity index (χ1v) is 13.6. The van der Waals surface area contributed by atoms with Crippen LogP contribution in [0.4, 0.5) is 5.13 Å². The maximum absolute atomic E-state index is 13.3. The van der Waals surface area contributed by atoms with Gasteiger partial charge in [0.05, 0.1) is 26.8 Å². The number of rotatable bonds is 9. The number of anilines is 1. The summed E-state index contributed by atoms with van der Waals surface area (Å²) in [7, 11) is 0.684. The van der Waals surface area contributed by atoms with Crippen molar-refractivity contribution < 1.29 is 13.2 Å². The highest BCUT2D eigenvalue weighted by molar-refractivity contribution is 9.10. The van der Waals surface area contributed by atoms with E-state index < -0.39 is 15.1 Å². The Bertz CT molecular complexity index is 1200. The van der Waals surface area contributed by atoms with Crippen molar-refractivity contribution in [1.82, 2.24) is 9.88 Å². The molecular weight excluding hydrogens is 546 g/mol. The molecule has 1 heterocycles. The van der Waals surface area contributed by atoms with Crippen LogP contribution < -0.4 is 4.90 Å². The molecule has 0 aliphatic heterocycles. The third kappa shape index (κ3) is 6.99. The van der Waals surface area contributed by atoms with Gasteiger partial charge in [0.15, 0.2) is 15.0 Å². The van der Waals surface area contributed by atoms with Crippen LogP contribution in [0.5, 0.6) is 0 Å². The van der Waals surface area contributed by atoms with Crippen LogP contribution in [0, 0.1) is 0 Å². The lowest BCUT2D eigenvalue weighted by atomic mass is 10.1. The van der Waals surface area contributed by atoms with Gasteiger partial charge in [-0.15, -0.1) is 12.4 Å². The van der Waals surface area contributed by atoms with Crippen molar-refractivity contribution in [3.63, 3.8) is 0 Å².